The summed E-state index contributed by atoms with van der Waals surface area (Å²) in [5.41, 5.74) is 1.13. The molecule has 0 fully saturated rings. The third kappa shape index (κ3) is 8.76. The lowest BCUT2D eigenvalue weighted by molar-refractivity contribution is -0.140. The zero-order chi connectivity index (χ0) is 32.8. The van der Waals surface area contributed by atoms with Gasteiger partial charge in [-0.3, -0.25) is 13.9 Å². The van der Waals surface area contributed by atoms with Crippen molar-refractivity contribution < 1.29 is 26.8 Å². The van der Waals surface area contributed by atoms with Gasteiger partial charge in [0.2, 0.25) is 11.8 Å². The molecule has 4 aromatic rings. The highest BCUT2D eigenvalue weighted by molar-refractivity contribution is 7.92. The van der Waals surface area contributed by atoms with E-state index in [4.69, 9.17) is 0 Å². The van der Waals surface area contributed by atoms with Crippen LogP contribution < -0.4 is 9.62 Å². The number of aryl methyl sites for hydroxylation is 1. The first-order valence-corrected chi connectivity index (χ1v) is 15.9. The maximum atomic E-state index is 15.0. The Morgan fingerprint density at radius 3 is 2.02 bits per heavy atom. The van der Waals surface area contributed by atoms with Crippen LogP contribution in [0.1, 0.15) is 37.5 Å². The van der Waals surface area contributed by atoms with Crippen molar-refractivity contribution in [2.45, 2.75) is 57.1 Å². The van der Waals surface area contributed by atoms with Gasteiger partial charge in [-0.25, -0.2) is 17.2 Å². The first kappa shape index (κ1) is 33.3. The fourth-order valence-corrected chi connectivity index (χ4v) is 6.20. The first-order chi connectivity index (χ1) is 21.2. The van der Waals surface area contributed by atoms with Crippen molar-refractivity contribution in [1.82, 2.24) is 10.2 Å². The van der Waals surface area contributed by atoms with E-state index in [-0.39, 0.29) is 29.1 Å². The van der Waals surface area contributed by atoms with Crippen molar-refractivity contribution in [3.63, 3.8) is 0 Å². The zero-order valence-corrected chi connectivity index (χ0v) is 26.5. The van der Waals surface area contributed by atoms with Crippen LogP contribution in [0.3, 0.4) is 0 Å². The maximum absolute atomic E-state index is 15.0. The minimum Gasteiger partial charge on any atom is -0.350 e. The standard InChI is InChI=1S/C35H37F2N3O4S/c1-25-14-20-30(21-15-25)45(43,44)40(29-18-16-28(36)17-19-29)24-33(41)39(23-27-12-8-9-13-31(27)37)32(34(42)38-35(2,3)4)22-26-10-6-5-7-11-26/h5-21,32H,22-24H2,1-4H3,(H,38,42). The van der Waals surface area contributed by atoms with Gasteiger partial charge in [0.15, 0.2) is 0 Å². The smallest absolute Gasteiger partial charge is 0.264 e. The number of rotatable bonds is 11. The van der Waals surface area contributed by atoms with Crippen LogP contribution in [0.25, 0.3) is 0 Å². The van der Waals surface area contributed by atoms with Crippen LogP contribution in [0.15, 0.2) is 108 Å². The number of nitrogens with one attached hydrogen (secondary N) is 1. The minimum atomic E-state index is -4.34. The largest absolute Gasteiger partial charge is 0.350 e. The van der Waals surface area contributed by atoms with Gasteiger partial charge in [0.25, 0.3) is 10.0 Å². The van der Waals surface area contributed by atoms with Gasteiger partial charge < -0.3 is 10.2 Å². The molecular weight excluding hydrogens is 596 g/mol. The normalized spacial score (nSPS) is 12.3. The van der Waals surface area contributed by atoms with Gasteiger partial charge in [0.1, 0.15) is 24.2 Å². The minimum absolute atomic E-state index is 0.0509. The summed E-state index contributed by atoms with van der Waals surface area (Å²) in [5, 5.41) is 2.93. The summed E-state index contributed by atoms with van der Waals surface area (Å²) in [6.07, 6.45) is 0.0875. The summed E-state index contributed by atoms with van der Waals surface area (Å²) >= 11 is 0. The van der Waals surface area contributed by atoms with Gasteiger partial charge in [-0.1, -0.05) is 66.2 Å². The molecular formula is C35H37F2N3O4S. The van der Waals surface area contributed by atoms with Gasteiger partial charge in [0.05, 0.1) is 10.6 Å². The van der Waals surface area contributed by atoms with Crippen LogP contribution in [0.5, 0.6) is 0 Å². The Balaban J connectivity index is 1.82. The molecule has 45 heavy (non-hydrogen) atoms. The fourth-order valence-electron chi connectivity index (χ4n) is 4.79. The summed E-state index contributed by atoms with van der Waals surface area (Å²) in [5.74, 6) is -2.39. The molecule has 2 amide bonds. The van der Waals surface area contributed by atoms with E-state index < -0.39 is 51.6 Å². The summed E-state index contributed by atoms with van der Waals surface area (Å²) in [6, 6.07) is 24.7. The maximum Gasteiger partial charge on any atom is 0.264 e. The molecule has 0 heterocycles. The van der Waals surface area contributed by atoms with Crippen molar-refractivity contribution in [2.75, 3.05) is 10.8 Å². The number of nitrogens with zero attached hydrogens (tertiary/aromatic N) is 2. The van der Waals surface area contributed by atoms with Gasteiger partial charge >= 0.3 is 0 Å². The molecule has 0 aliphatic carbocycles. The van der Waals surface area contributed by atoms with Gasteiger partial charge in [-0.2, -0.15) is 0 Å². The molecule has 0 aliphatic rings. The molecule has 0 aliphatic heterocycles. The molecule has 4 aromatic carbocycles. The van der Waals surface area contributed by atoms with E-state index in [0.29, 0.717) is 0 Å². The zero-order valence-electron chi connectivity index (χ0n) is 25.7. The average molecular weight is 634 g/mol. The van der Waals surface area contributed by atoms with E-state index in [1.54, 1.807) is 39.0 Å². The molecule has 4 rings (SSSR count). The molecule has 236 valence electrons. The summed E-state index contributed by atoms with van der Waals surface area (Å²) in [4.78, 5) is 29.4. The van der Waals surface area contributed by atoms with E-state index in [1.165, 1.54) is 47.4 Å². The van der Waals surface area contributed by atoms with Crippen molar-refractivity contribution in [3.8, 4) is 0 Å². The number of hydrogen-bond donors (Lipinski definition) is 1. The molecule has 0 spiro atoms. The molecule has 10 heteroatoms. The third-order valence-electron chi connectivity index (χ3n) is 7.07. The highest BCUT2D eigenvalue weighted by atomic mass is 32.2. The lowest BCUT2D eigenvalue weighted by Gasteiger charge is -2.35. The van der Waals surface area contributed by atoms with Crippen LogP contribution in [0.2, 0.25) is 0 Å². The van der Waals surface area contributed by atoms with Crippen LogP contribution in [-0.4, -0.2) is 43.3 Å². The predicted octanol–water partition coefficient (Wildman–Crippen LogP) is 6.02. The second-order valence-electron chi connectivity index (χ2n) is 11.9. The molecule has 7 nitrogen and oxygen atoms in total. The number of anilines is 1. The third-order valence-corrected chi connectivity index (χ3v) is 8.86. The first-order valence-electron chi connectivity index (χ1n) is 14.5. The molecule has 0 radical (unpaired) electrons. The highest BCUT2D eigenvalue weighted by Crippen LogP contribution is 2.26. The molecule has 0 saturated carbocycles. The predicted molar refractivity (Wildman–Crippen MR) is 171 cm³/mol. The summed E-state index contributed by atoms with van der Waals surface area (Å²) < 4.78 is 57.8. The van der Waals surface area contributed by atoms with Crippen LogP contribution >= 0.6 is 0 Å². The Morgan fingerprint density at radius 2 is 1.42 bits per heavy atom. The van der Waals surface area contributed by atoms with Gasteiger partial charge in [0, 0.05) is 24.1 Å². The Hall–Kier alpha value is -4.57. The molecule has 0 saturated heterocycles. The second-order valence-corrected chi connectivity index (χ2v) is 13.7. The average Bonchev–Trinajstić information content (AvgIpc) is 2.99. The van der Waals surface area contributed by atoms with Gasteiger partial charge in [-0.05, 0) is 75.7 Å². The fraction of sp³-hybridized carbons (Fsp3) is 0.257. The van der Waals surface area contributed by atoms with Crippen molar-refractivity contribution in [1.29, 1.82) is 0 Å². The molecule has 1 N–H and O–H groups in total. The number of benzene rings is 4. The van der Waals surface area contributed by atoms with E-state index in [9.17, 15) is 22.4 Å². The van der Waals surface area contributed by atoms with Crippen LogP contribution in [0, 0.1) is 18.6 Å². The number of carbonyl (C=O) groups excluding carboxylic acids is 2. The number of carbonyl (C=O) groups is 2. The summed E-state index contributed by atoms with van der Waals surface area (Å²) in [6.45, 7) is 6.19. The number of amides is 2. The highest BCUT2D eigenvalue weighted by Gasteiger charge is 2.36. The van der Waals surface area contributed by atoms with E-state index >= 15 is 4.39 Å². The van der Waals surface area contributed by atoms with Crippen molar-refractivity contribution in [3.05, 3.63) is 131 Å². The van der Waals surface area contributed by atoms with E-state index in [2.05, 4.69) is 5.32 Å². The van der Waals surface area contributed by atoms with E-state index in [0.717, 1.165) is 27.6 Å². The van der Waals surface area contributed by atoms with Crippen LogP contribution in [-0.2, 0) is 32.6 Å². The lowest BCUT2D eigenvalue weighted by Crippen LogP contribution is -2.56. The van der Waals surface area contributed by atoms with Gasteiger partial charge in [-0.15, -0.1) is 0 Å². The SMILES string of the molecule is Cc1ccc(S(=O)(=O)N(CC(=O)N(Cc2ccccc2F)C(Cc2ccccc2)C(=O)NC(C)(C)C)c2ccc(F)cc2)cc1. The Morgan fingerprint density at radius 1 is 0.822 bits per heavy atom. The Labute approximate surface area is 263 Å². The van der Waals surface area contributed by atoms with Crippen molar-refractivity contribution in [2.24, 2.45) is 0 Å². The molecule has 1 unspecified atom stereocenters. The topological polar surface area (TPSA) is 86.8 Å². The Kier molecular flexibility index (Phi) is 10.4. The molecule has 1 atom stereocenters. The number of halogens is 2. The second kappa shape index (κ2) is 14.0. The number of hydrogen-bond acceptors (Lipinski definition) is 4. The summed E-state index contributed by atoms with van der Waals surface area (Å²) in [7, 11) is -4.34. The monoisotopic (exact) mass is 633 g/mol. The lowest BCUT2D eigenvalue weighted by atomic mass is 10.0. The molecule has 0 aromatic heterocycles. The Bertz CT molecular complexity index is 1720. The molecule has 0 bridgehead atoms. The van der Waals surface area contributed by atoms with E-state index in [1.807, 2.05) is 37.3 Å². The quantitative estimate of drug-likeness (QED) is 0.219. The van der Waals surface area contributed by atoms with Crippen molar-refractivity contribution >= 4 is 27.5 Å². The number of sulfonamides is 1. The van der Waals surface area contributed by atoms with Crippen LogP contribution in [0.4, 0.5) is 14.5 Å².